The van der Waals surface area contributed by atoms with Crippen LogP contribution in [0.1, 0.15) is 44.6 Å². The molecule has 0 atom stereocenters. The Hall–Kier alpha value is -1.22. The highest BCUT2D eigenvalue weighted by molar-refractivity contribution is 5.42. The lowest BCUT2D eigenvalue weighted by atomic mass is 9.89. The number of hydrogen-bond acceptors (Lipinski definition) is 3. The van der Waals surface area contributed by atoms with E-state index < -0.39 is 0 Å². The van der Waals surface area contributed by atoms with E-state index >= 15 is 0 Å². The zero-order chi connectivity index (χ0) is 14.2. The summed E-state index contributed by atoms with van der Waals surface area (Å²) in [6, 6.07) is 6.18. The zero-order valence-electron chi connectivity index (χ0n) is 12.8. The van der Waals surface area contributed by atoms with E-state index in [-0.39, 0.29) is 0 Å². The normalized spacial score (nSPS) is 16.1. The molecule has 3 heteroatoms. The van der Waals surface area contributed by atoms with Crippen LogP contribution < -0.4 is 14.8 Å². The average molecular weight is 277 g/mol. The van der Waals surface area contributed by atoms with Crippen molar-refractivity contribution in [3.05, 3.63) is 23.8 Å². The van der Waals surface area contributed by atoms with E-state index in [2.05, 4.69) is 17.4 Å². The maximum atomic E-state index is 5.54. The Morgan fingerprint density at radius 3 is 2.65 bits per heavy atom. The smallest absolute Gasteiger partial charge is 0.161 e. The van der Waals surface area contributed by atoms with Crippen molar-refractivity contribution in [2.45, 2.75) is 45.6 Å². The third-order valence-electron chi connectivity index (χ3n) is 4.01. The number of rotatable bonds is 7. The SMILES string of the molecule is CCOc1ccc(CNCC2CCCCC2)cc1OC. The van der Waals surface area contributed by atoms with E-state index in [1.807, 2.05) is 13.0 Å². The summed E-state index contributed by atoms with van der Waals surface area (Å²) in [4.78, 5) is 0. The molecule has 0 amide bonds. The number of methoxy groups -OCH3 is 1. The van der Waals surface area contributed by atoms with Gasteiger partial charge in [0.15, 0.2) is 11.5 Å². The van der Waals surface area contributed by atoms with Crippen LogP contribution in [-0.2, 0) is 6.54 Å². The minimum absolute atomic E-state index is 0.662. The minimum atomic E-state index is 0.662. The van der Waals surface area contributed by atoms with E-state index in [9.17, 15) is 0 Å². The summed E-state index contributed by atoms with van der Waals surface area (Å²) in [5, 5.41) is 3.58. The van der Waals surface area contributed by atoms with Crippen molar-refractivity contribution in [1.29, 1.82) is 0 Å². The fourth-order valence-corrected chi connectivity index (χ4v) is 2.91. The Balaban J connectivity index is 1.82. The first-order valence-corrected chi connectivity index (χ1v) is 7.84. The molecule has 20 heavy (non-hydrogen) atoms. The molecule has 1 N–H and O–H groups in total. The first-order chi connectivity index (χ1) is 9.83. The van der Waals surface area contributed by atoms with Crippen LogP contribution in [0.4, 0.5) is 0 Å². The Morgan fingerprint density at radius 2 is 1.95 bits per heavy atom. The molecule has 0 spiro atoms. The number of hydrogen-bond donors (Lipinski definition) is 1. The predicted molar refractivity (Wildman–Crippen MR) is 82.4 cm³/mol. The van der Waals surface area contributed by atoms with E-state index in [0.29, 0.717) is 6.61 Å². The van der Waals surface area contributed by atoms with Crippen molar-refractivity contribution < 1.29 is 9.47 Å². The second-order valence-electron chi connectivity index (χ2n) is 5.55. The molecule has 3 nitrogen and oxygen atoms in total. The second-order valence-corrected chi connectivity index (χ2v) is 5.55. The van der Waals surface area contributed by atoms with Gasteiger partial charge in [0.25, 0.3) is 0 Å². The van der Waals surface area contributed by atoms with Gasteiger partial charge in [0.1, 0.15) is 0 Å². The maximum Gasteiger partial charge on any atom is 0.161 e. The van der Waals surface area contributed by atoms with Crippen molar-refractivity contribution in [3.8, 4) is 11.5 Å². The molecule has 0 bridgehead atoms. The molecule has 1 saturated carbocycles. The minimum Gasteiger partial charge on any atom is -0.493 e. The van der Waals surface area contributed by atoms with Crippen LogP contribution in [0, 0.1) is 5.92 Å². The van der Waals surface area contributed by atoms with Crippen LogP contribution >= 0.6 is 0 Å². The highest BCUT2D eigenvalue weighted by Gasteiger charge is 2.12. The summed E-state index contributed by atoms with van der Waals surface area (Å²) in [6.07, 6.45) is 7.01. The zero-order valence-corrected chi connectivity index (χ0v) is 12.8. The van der Waals surface area contributed by atoms with Crippen molar-refractivity contribution in [2.24, 2.45) is 5.92 Å². The van der Waals surface area contributed by atoms with E-state index in [0.717, 1.165) is 30.5 Å². The summed E-state index contributed by atoms with van der Waals surface area (Å²) in [5.41, 5.74) is 1.25. The third kappa shape index (κ3) is 4.41. The molecule has 0 aromatic heterocycles. The highest BCUT2D eigenvalue weighted by Crippen LogP contribution is 2.28. The summed E-state index contributed by atoms with van der Waals surface area (Å²) in [6.45, 7) is 4.68. The number of ether oxygens (including phenoxy) is 2. The van der Waals surface area contributed by atoms with Gasteiger partial charge in [0.05, 0.1) is 13.7 Å². The first kappa shape index (κ1) is 15.2. The van der Waals surface area contributed by atoms with Crippen molar-refractivity contribution in [2.75, 3.05) is 20.3 Å². The summed E-state index contributed by atoms with van der Waals surface area (Å²) in [7, 11) is 1.69. The molecule has 1 aliphatic carbocycles. The van der Waals surface area contributed by atoms with Crippen LogP contribution in [-0.4, -0.2) is 20.3 Å². The van der Waals surface area contributed by atoms with Gasteiger partial charge in [-0.2, -0.15) is 0 Å². The van der Waals surface area contributed by atoms with Crippen molar-refractivity contribution in [3.63, 3.8) is 0 Å². The molecular weight excluding hydrogens is 250 g/mol. The molecular formula is C17H27NO2. The summed E-state index contributed by atoms with van der Waals surface area (Å²) < 4.78 is 10.9. The van der Waals surface area contributed by atoms with Crippen LogP contribution in [0.3, 0.4) is 0 Å². The molecule has 1 fully saturated rings. The molecule has 1 aromatic carbocycles. The lowest BCUT2D eigenvalue weighted by molar-refractivity contribution is 0.310. The monoisotopic (exact) mass is 277 g/mol. The molecule has 0 unspecified atom stereocenters. The highest BCUT2D eigenvalue weighted by atomic mass is 16.5. The van der Waals surface area contributed by atoms with E-state index in [4.69, 9.17) is 9.47 Å². The molecule has 0 aliphatic heterocycles. The molecule has 0 saturated heterocycles. The molecule has 0 radical (unpaired) electrons. The second kappa shape index (κ2) is 8.15. The Bertz CT molecular complexity index is 400. The summed E-state index contributed by atoms with van der Waals surface area (Å²) >= 11 is 0. The first-order valence-electron chi connectivity index (χ1n) is 7.84. The largest absolute Gasteiger partial charge is 0.493 e. The molecule has 0 heterocycles. The van der Waals surface area contributed by atoms with Gasteiger partial charge in [-0.3, -0.25) is 0 Å². The van der Waals surface area contributed by atoms with Crippen LogP contribution in [0.15, 0.2) is 18.2 Å². The fourth-order valence-electron chi connectivity index (χ4n) is 2.91. The topological polar surface area (TPSA) is 30.5 Å². The average Bonchev–Trinajstić information content (AvgIpc) is 2.50. The van der Waals surface area contributed by atoms with Gasteiger partial charge in [-0.1, -0.05) is 25.3 Å². The molecule has 1 aliphatic rings. The lowest BCUT2D eigenvalue weighted by Crippen LogP contribution is -2.24. The standard InChI is InChI=1S/C17H27NO2/c1-3-20-16-10-9-15(11-17(16)19-2)13-18-12-14-7-5-4-6-8-14/h9-11,14,18H,3-8,12-13H2,1-2H3. The predicted octanol–water partition coefficient (Wildman–Crippen LogP) is 3.76. The lowest BCUT2D eigenvalue weighted by Gasteiger charge is -2.22. The van der Waals surface area contributed by atoms with Gasteiger partial charge in [-0.05, 0) is 49.9 Å². The fraction of sp³-hybridized carbons (Fsp3) is 0.647. The Morgan fingerprint density at radius 1 is 1.15 bits per heavy atom. The van der Waals surface area contributed by atoms with Crippen LogP contribution in [0.5, 0.6) is 11.5 Å². The maximum absolute atomic E-state index is 5.54. The van der Waals surface area contributed by atoms with Crippen molar-refractivity contribution in [1.82, 2.24) is 5.32 Å². The molecule has 112 valence electrons. The van der Waals surface area contributed by atoms with Gasteiger partial charge in [0.2, 0.25) is 0 Å². The molecule has 1 aromatic rings. The Kier molecular flexibility index (Phi) is 6.19. The third-order valence-corrected chi connectivity index (χ3v) is 4.01. The Labute approximate surface area is 122 Å². The van der Waals surface area contributed by atoms with Crippen LogP contribution in [0.25, 0.3) is 0 Å². The van der Waals surface area contributed by atoms with Crippen LogP contribution in [0.2, 0.25) is 0 Å². The molecule has 2 rings (SSSR count). The van der Waals surface area contributed by atoms with E-state index in [1.165, 1.54) is 37.7 Å². The van der Waals surface area contributed by atoms with Gasteiger partial charge in [-0.25, -0.2) is 0 Å². The van der Waals surface area contributed by atoms with Gasteiger partial charge in [-0.15, -0.1) is 0 Å². The van der Waals surface area contributed by atoms with Gasteiger partial charge < -0.3 is 14.8 Å². The summed E-state index contributed by atoms with van der Waals surface area (Å²) in [5.74, 6) is 2.52. The van der Waals surface area contributed by atoms with E-state index in [1.54, 1.807) is 7.11 Å². The quantitative estimate of drug-likeness (QED) is 0.823. The number of nitrogens with one attached hydrogen (secondary N) is 1. The van der Waals surface area contributed by atoms with Crippen molar-refractivity contribution >= 4 is 0 Å². The van der Waals surface area contributed by atoms with Gasteiger partial charge >= 0.3 is 0 Å². The number of benzene rings is 1. The van der Waals surface area contributed by atoms with Gasteiger partial charge in [0, 0.05) is 6.54 Å².